The maximum atomic E-state index is 12.1. The van der Waals surface area contributed by atoms with Crippen molar-refractivity contribution in [2.75, 3.05) is 13.1 Å². The van der Waals surface area contributed by atoms with E-state index in [4.69, 9.17) is 5.11 Å². The molecule has 1 saturated heterocycles. The molecule has 90 valence electrons. The summed E-state index contributed by atoms with van der Waals surface area (Å²) in [7, 11) is 0. The van der Waals surface area contributed by atoms with Gasteiger partial charge in [-0.3, -0.25) is 4.79 Å². The number of hydrogen-bond acceptors (Lipinski definition) is 2. The number of carboxylic acid groups (broad SMARTS) is 1. The molecule has 0 bridgehead atoms. The van der Waals surface area contributed by atoms with Gasteiger partial charge in [-0.1, -0.05) is 0 Å². The zero-order chi connectivity index (χ0) is 12.4. The van der Waals surface area contributed by atoms with E-state index in [-0.39, 0.29) is 11.5 Å². The zero-order valence-corrected chi connectivity index (χ0v) is 10.7. The number of carbonyl (C=O) groups is 2. The van der Waals surface area contributed by atoms with E-state index in [0.717, 1.165) is 25.9 Å². The third kappa shape index (κ3) is 2.49. The Morgan fingerprint density at radius 2 is 1.88 bits per heavy atom. The standard InChI is InChI=1S/C12H12BrNO3/c13-10-7-8(12(16)17)3-4-9(10)11(15)14-5-1-2-6-14/h3-4,7H,1-2,5-6H2,(H,16,17). The number of halogens is 1. The molecule has 1 heterocycles. The molecule has 0 unspecified atom stereocenters. The highest BCUT2D eigenvalue weighted by Crippen LogP contribution is 2.22. The average molecular weight is 298 g/mol. The molecule has 17 heavy (non-hydrogen) atoms. The van der Waals surface area contributed by atoms with Crippen LogP contribution < -0.4 is 0 Å². The number of aromatic carboxylic acids is 1. The van der Waals surface area contributed by atoms with Crippen molar-refractivity contribution in [3.05, 3.63) is 33.8 Å². The first-order valence-corrected chi connectivity index (χ1v) is 6.21. The summed E-state index contributed by atoms with van der Waals surface area (Å²) < 4.78 is 0.536. The van der Waals surface area contributed by atoms with Crippen LogP contribution in [0.2, 0.25) is 0 Å². The molecule has 1 amide bonds. The van der Waals surface area contributed by atoms with Gasteiger partial charge >= 0.3 is 5.97 Å². The van der Waals surface area contributed by atoms with Crippen LogP contribution in [0.1, 0.15) is 33.6 Å². The lowest BCUT2D eigenvalue weighted by molar-refractivity contribution is 0.0695. The summed E-state index contributed by atoms with van der Waals surface area (Å²) in [6.45, 7) is 1.57. The van der Waals surface area contributed by atoms with Crippen molar-refractivity contribution < 1.29 is 14.7 Å². The first kappa shape index (κ1) is 12.1. The highest BCUT2D eigenvalue weighted by Gasteiger charge is 2.21. The van der Waals surface area contributed by atoms with Gasteiger partial charge in [-0.2, -0.15) is 0 Å². The molecule has 4 nitrogen and oxygen atoms in total. The van der Waals surface area contributed by atoms with Crippen LogP contribution in [0.15, 0.2) is 22.7 Å². The number of carbonyl (C=O) groups excluding carboxylic acids is 1. The van der Waals surface area contributed by atoms with Gasteiger partial charge in [0.2, 0.25) is 0 Å². The second kappa shape index (κ2) is 4.87. The summed E-state index contributed by atoms with van der Waals surface area (Å²) in [5.41, 5.74) is 0.701. The number of amides is 1. The second-order valence-corrected chi connectivity index (χ2v) is 4.85. The molecule has 1 N–H and O–H groups in total. The molecule has 1 aromatic rings. The molecule has 0 saturated carbocycles. The van der Waals surface area contributed by atoms with Crippen molar-refractivity contribution in [1.82, 2.24) is 4.90 Å². The first-order chi connectivity index (χ1) is 8.09. The lowest BCUT2D eigenvalue weighted by Gasteiger charge is -2.16. The topological polar surface area (TPSA) is 57.6 Å². The van der Waals surface area contributed by atoms with Crippen molar-refractivity contribution in [2.24, 2.45) is 0 Å². The SMILES string of the molecule is O=C(O)c1ccc(C(=O)N2CCCC2)c(Br)c1. The second-order valence-electron chi connectivity index (χ2n) is 4.00. The smallest absolute Gasteiger partial charge is 0.335 e. The van der Waals surface area contributed by atoms with Gasteiger partial charge in [-0.05, 0) is 47.0 Å². The Bertz CT molecular complexity index is 467. The molecule has 0 aliphatic carbocycles. The molecule has 0 radical (unpaired) electrons. The molecular formula is C12H12BrNO3. The van der Waals surface area contributed by atoms with E-state index in [0.29, 0.717) is 10.0 Å². The van der Waals surface area contributed by atoms with Crippen LogP contribution in [0, 0.1) is 0 Å². The molecule has 0 spiro atoms. The van der Waals surface area contributed by atoms with E-state index in [1.807, 2.05) is 0 Å². The fraction of sp³-hybridized carbons (Fsp3) is 0.333. The first-order valence-electron chi connectivity index (χ1n) is 5.41. The predicted octanol–water partition coefficient (Wildman–Crippen LogP) is 2.38. The summed E-state index contributed by atoms with van der Waals surface area (Å²) in [6, 6.07) is 4.48. The van der Waals surface area contributed by atoms with Gasteiger partial charge in [-0.15, -0.1) is 0 Å². The number of likely N-dealkylation sites (tertiary alicyclic amines) is 1. The minimum Gasteiger partial charge on any atom is -0.478 e. The predicted molar refractivity (Wildman–Crippen MR) is 66.2 cm³/mol. The normalized spacial score (nSPS) is 15.0. The largest absolute Gasteiger partial charge is 0.478 e. The van der Waals surface area contributed by atoms with E-state index in [1.54, 1.807) is 11.0 Å². The fourth-order valence-corrected chi connectivity index (χ4v) is 2.46. The van der Waals surface area contributed by atoms with Crippen molar-refractivity contribution in [3.8, 4) is 0 Å². The number of hydrogen-bond donors (Lipinski definition) is 1. The Kier molecular flexibility index (Phi) is 3.47. The maximum Gasteiger partial charge on any atom is 0.335 e. The molecule has 5 heteroatoms. The Morgan fingerprint density at radius 3 is 2.41 bits per heavy atom. The van der Waals surface area contributed by atoms with Crippen LogP contribution in [-0.2, 0) is 0 Å². The Hall–Kier alpha value is -1.36. The van der Waals surface area contributed by atoms with E-state index >= 15 is 0 Å². The highest BCUT2D eigenvalue weighted by molar-refractivity contribution is 9.10. The summed E-state index contributed by atoms with van der Waals surface area (Å²) in [5.74, 6) is -1.03. The zero-order valence-electron chi connectivity index (χ0n) is 9.15. The van der Waals surface area contributed by atoms with Gasteiger partial charge in [-0.25, -0.2) is 4.79 Å². The number of rotatable bonds is 2. The number of nitrogens with zero attached hydrogens (tertiary/aromatic N) is 1. The summed E-state index contributed by atoms with van der Waals surface area (Å²) >= 11 is 3.25. The quantitative estimate of drug-likeness (QED) is 0.912. The van der Waals surface area contributed by atoms with Crippen LogP contribution in [0.25, 0.3) is 0 Å². The van der Waals surface area contributed by atoms with Gasteiger partial charge in [0.05, 0.1) is 11.1 Å². The highest BCUT2D eigenvalue weighted by atomic mass is 79.9. The summed E-state index contributed by atoms with van der Waals surface area (Å²) in [5, 5.41) is 8.83. The van der Waals surface area contributed by atoms with Crippen LogP contribution in [0.5, 0.6) is 0 Å². The lowest BCUT2D eigenvalue weighted by Crippen LogP contribution is -2.27. The van der Waals surface area contributed by atoms with Gasteiger partial charge in [0.15, 0.2) is 0 Å². The van der Waals surface area contributed by atoms with Gasteiger partial charge < -0.3 is 10.0 Å². The Labute approximate surface area is 107 Å². The monoisotopic (exact) mass is 297 g/mol. The molecule has 2 rings (SSSR count). The number of carboxylic acids is 1. The molecule has 0 aromatic heterocycles. The average Bonchev–Trinajstić information content (AvgIpc) is 2.81. The van der Waals surface area contributed by atoms with Gasteiger partial charge in [0, 0.05) is 17.6 Å². The third-order valence-electron chi connectivity index (χ3n) is 2.84. The van der Waals surface area contributed by atoms with Crippen LogP contribution >= 0.6 is 15.9 Å². The fourth-order valence-electron chi connectivity index (χ4n) is 1.91. The Morgan fingerprint density at radius 1 is 1.24 bits per heavy atom. The summed E-state index contributed by atoms with van der Waals surface area (Å²) in [6.07, 6.45) is 2.08. The molecule has 1 fully saturated rings. The minimum absolute atomic E-state index is 0.0358. The minimum atomic E-state index is -0.995. The molecule has 1 aliphatic rings. The van der Waals surface area contributed by atoms with Crippen molar-refractivity contribution in [1.29, 1.82) is 0 Å². The van der Waals surface area contributed by atoms with E-state index in [2.05, 4.69) is 15.9 Å². The van der Waals surface area contributed by atoms with E-state index in [1.165, 1.54) is 12.1 Å². The number of benzene rings is 1. The van der Waals surface area contributed by atoms with Crippen molar-refractivity contribution in [3.63, 3.8) is 0 Å². The molecule has 1 aliphatic heterocycles. The Balaban J connectivity index is 2.26. The molecule has 0 atom stereocenters. The van der Waals surface area contributed by atoms with E-state index in [9.17, 15) is 9.59 Å². The molecular weight excluding hydrogens is 286 g/mol. The lowest BCUT2D eigenvalue weighted by atomic mass is 10.1. The maximum absolute atomic E-state index is 12.1. The van der Waals surface area contributed by atoms with E-state index < -0.39 is 5.97 Å². The van der Waals surface area contributed by atoms with Gasteiger partial charge in [0.25, 0.3) is 5.91 Å². The van der Waals surface area contributed by atoms with Crippen LogP contribution in [0.3, 0.4) is 0 Å². The van der Waals surface area contributed by atoms with Gasteiger partial charge in [0.1, 0.15) is 0 Å². The van der Waals surface area contributed by atoms with Crippen LogP contribution in [-0.4, -0.2) is 35.0 Å². The van der Waals surface area contributed by atoms with Crippen molar-refractivity contribution >= 4 is 27.8 Å². The third-order valence-corrected chi connectivity index (χ3v) is 3.50. The van der Waals surface area contributed by atoms with Crippen LogP contribution in [0.4, 0.5) is 0 Å². The van der Waals surface area contributed by atoms with Crippen molar-refractivity contribution in [2.45, 2.75) is 12.8 Å². The molecule has 1 aromatic carbocycles. The summed E-state index contributed by atoms with van der Waals surface area (Å²) in [4.78, 5) is 24.7.